The average Bonchev–Trinajstić information content (AvgIpc) is 3.01. The van der Waals surface area contributed by atoms with Gasteiger partial charge in [-0.1, -0.05) is 18.2 Å². The molecule has 132 valence electrons. The Morgan fingerprint density at radius 1 is 1.12 bits per heavy atom. The van der Waals surface area contributed by atoms with Crippen LogP contribution in [0.25, 0.3) is 5.69 Å². The van der Waals surface area contributed by atoms with Crippen LogP contribution < -0.4 is 10.3 Å². The Labute approximate surface area is 145 Å². The Morgan fingerprint density at radius 3 is 2.32 bits per heavy atom. The molecule has 0 spiro atoms. The first-order chi connectivity index (χ1) is 11.7. The molecule has 2 heterocycles. The second-order valence-corrected chi connectivity index (χ2v) is 7.42. The SMILES string of the molecule is Cc1n[nH]c(C)c1S(=O)(=O)Nc1c(C)n(C)n(-c2ccccc2)c1=O. The summed E-state index contributed by atoms with van der Waals surface area (Å²) in [6.07, 6.45) is 0. The third-order valence-corrected chi connectivity index (χ3v) is 5.73. The normalized spacial score (nSPS) is 11.7. The van der Waals surface area contributed by atoms with Gasteiger partial charge >= 0.3 is 0 Å². The van der Waals surface area contributed by atoms with Crippen LogP contribution in [0.2, 0.25) is 0 Å². The molecule has 0 fully saturated rings. The fraction of sp³-hybridized carbons (Fsp3) is 0.250. The predicted octanol–water partition coefficient (Wildman–Crippen LogP) is 1.63. The van der Waals surface area contributed by atoms with Crippen LogP contribution in [0.3, 0.4) is 0 Å². The summed E-state index contributed by atoms with van der Waals surface area (Å²) >= 11 is 0. The lowest BCUT2D eigenvalue weighted by molar-refractivity contribution is 0.600. The van der Waals surface area contributed by atoms with Crippen LogP contribution in [0.5, 0.6) is 0 Å². The smallest absolute Gasteiger partial charge is 0.283 e. The van der Waals surface area contributed by atoms with Gasteiger partial charge in [-0.2, -0.15) is 5.10 Å². The minimum absolute atomic E-state index is 0.0198. The van der Waals surface area contributed by atoms with Crippen molar-refractivity contribution in [2.75, 3.05) is 4.72 Å². The Balaban J connectivity index is 2.13. The highest BCUT2D eigenvalue weighted by atomic mass is 32.2. The van der Waals surface area contributed by atoms with Gasteiger partial charge in [0.1, 0.15) is 10.6 Å². The summed E-state index contributed by atoms with van der Waals surface area (Å²) in [5.41, 5.74) is 1.51. The summed E-state index contributed by atoms with van der Waals surface area (Å²) in [5, 5.41) is 6.55. The molecule has 0 unspecified atom stereocenters. The van der Waals surface area contributed by atoms with E-state index in [-0.39, 0.29) is 10.6 Å². The van der Waals surface area contributed by atoms with E-state index < -0.39 is 15.6 Å². The van der Waals surface area contributed by atoms with Gasteiger partial charge in [0, 0.05) is 7.05 Å². The Bertz CT molecular complexity index is 1070. The molecule has 3 aromatic rings. The van der Waals surface area contributed by atoms with Crippen LogP contribution in [-0.4, -0.2) is 28.0 Å². The lowest BCUT2D eigenvalue weighted by atomic mass is 10.3. The van der Waals surface area contributed by atoms with Gasteiger partial charge in [0.2, 0.25) is 0 Å². The summed E-state index contributed by atoms with van der Waals surface area (Å²) in [6, 6.07) is 9.03. The zero-order valence-electron chi connectivity index (χ0n) is 14.4. The maximum atomic E-state index is 12.8. The van der Waals surface area contributed by atoms with Crippen LogP contribution in [0.1, 0.15) is 17.1 Å². The monoisotopic (exact) mass is 361 g/mol. The number of H-pyrrole nitrogens is 1. The summed E-state index contributed by atoms with van der Waals surface area (Å²) in [5.74, 6) is 0. The van der Waals surface area contributed by atoms with Gasteiger partial charge < -0.3 is 0 Å². The van der Waals surface area contributed by atoms with Gasteiger partial charge in [0.05, 0.1) is 22.8 Å². The van der Waals surface area contributed by atoms with E-state index >= 15 is 0 Å². The van der Waals surface area contributed by atoms with E-state index in [1.807, 2.05) is 18.2 Å². The molecule has 1 aromatic carbocycles. The summed E-state index contributed by atoms with van der Waals surface area (Å²) in [6.45, 7) is 4.90. The molecule has 2 N–H and O–H groups in total. The molecule has 3 rings (SSSR count). The van der Waals surface area contributed by atoms with Gasteiger partial charge in [-0.3, -0.25) is 19.3 Å². The molecule has 0 saturated heterocycles. The highest BCUT2D eigenvalue weighted by Gasteiger charge is 2.26. The maximum Gasteiger partial charge on any atom is 0.296 e. The molecule has 25 heavy (non-hydrogen) atoms. The van der Waals surface area contributed by atoms with Crippen molar-refractivity contribution in [1.29, 1.82) is 0 Å². The van der Waals surface area contributed by atoms with Crippen molar-refractivity contribution in [2.45, 2.75) is 25.7 Å². The van der Waals surface area contributed by atoms with Crippen LogP contribution in [0, 0.1) is 20.8 Å². The third-order valence-electron chi connectivity index (χ3n) is 4.12. The zero-order valence-corrected chi connectivity index (χ0v) is 15.2. The molecular weight excluding hydrogens is 342 g/mol. The number of aryl methyl sites for hydroxylation is 2. The van der Waals surface area contributed by atoms with Gasteiger partial charge in [0.15, 0.2) is 0 Å². The Kier molecular flexibility index (Phi) is 4.03. The minimum Gasteiger partial charge on any atom is -0.283 e. The molecule has 0 aliphatic rings. The molecule has 0 atom stereocenters. The van der Waals surface area contributed by atoms with Gasteiger partial charge in [-0.05, 0) is 32.9 Å². The van der Waals surface area contributed by atoms with Crippen LogP contribution >= 0.6 is 0 Å². The number of nitrogens with zero attached hydrogens (tertiary/aromatic N) is 3. The van der Waals surface area contributed by atoms with Gasteiger partial charge in [-0.25, -0.2) is 13.1 Å². The molecular formula is C16H19N5O3S. The maximum absolute atomic E-state index is 12.8. The second-order valence-electron chi connectivity index (χ2n) is 5.81. The van der Waals surface area contributed by atoms with Crippen molar-refractivity contribution in [3.8, 4) is 5.69 Å². The fourth-order valence-electron chi connectivity index (χ4n) is 2.81. The highest BCUT2D eigenvalue weighted by Crippen LogP contribution is 2.22. The number of aromatic nitrogens is 4. The van der Waals surface area contributed by atoms with Crippen LogP contribution in [-0.2, 0) is 17.1 Å². The first-order valence-electron chi connectivity index (χ1n) is 7.62. The number of aromatic amines is 1. The number of hydrogen-bond acceptors (Lipinski definition) is 4. The first kappa shape index (κ1) is 17.0. The van der Waals surface area contributed by atoms with E-state index in [0.717, 1.165) is 0 Å². The molecule has 8 nitrogen and oxygen atoms in total. The number of sulfonamides is 1. The molecule has 0 bridgehead atoms. The van der Waals surface area contributed by atoms with Crippen molar-refractivity contribution < 1.29 is 8.42 Å². The standard InChI is InChI=1S/C16H19N5O3S/c1-10-15(11(2)18-17-10)25(23,24)19-14-12(3)20(4)21(16(14)22)13-8-6-5-7-9-13/h5-9,19H,1-4H3,(H,17,18). The Morgan fingerprint density at radius 2 is 1.76 bits per heavy atom. The number of anilines is 1. The number of nitrogens with one attached hydrogen (secondary N) is 2. The zero-order chi connectivity index (χ0) is 18.4. The first-order valence-corrected chi connectivity index (χ1v) is 9.10. The number of para-hydroxylation sites is 1. The van der Waals surface area contributed by atoms with E-state index in [1.54, 1.807) is 44.6 Å². The largest absolute Gasteiger partial charge is 0.296 e. The van der Waals surface area contributed by atoms with Crippen molar-refractivity contribution in [3.63, 3.8) is 0 Å². The number of hydrogen-bond donors (Lipinski definition) is 2. The molecule has 2 aromatic heterocycles. The van der Waals surface area contributed by atoms with E-state index in [2.05, 4.69) is 14.9 Å². The van der Waals surface area contributed by atoms with E-state index in [4.69, 9.17) is 0 Å². The molecule has 0 aliphatic carbocycles. The van der Waals surface area contributed by atoms with Crippen molar-refractivity contribution in [1.82, 2.24) is 19.6 Å². The number of rotatable bonds is 4. The van der Waals surface area contributed by atoms with Crippen LogP contribution in [0.4, 0.5) is 5.69 Å². The lowest BCUT2D eigenvalue weighted by Crippen LogP contribution is -2.23. The summed E-state index contributed by atoms with van der Waals surface area (Å²) < 4.78 is 30.9. The van der Waals surface area contributed by atoms with E-state index in [1.165, 1.54) is 4.68 Å². The van der Waals surface area contributed by atoms with E-state index in [0.29, 0.717) is 22.8 Å². The van der Waals surface area contributed by atoms with Gasteiger partial charge in [0.25, 0.3) is 15.6 Å². The quantitative estimate of drug-likeness (QED) is 0.737. The van der Waals surface area contributed by atoms with Crippen molar-refractivity contribution in [3.05, 3.63) is 57.8 Å². The third kappa shape index (κ3) is 2.76. The van der Waals surface area contributed by atoms with Crippen LogP contribution in [0.15, 0.2) is 40.0 Å². The molecule has 0 saturated carbocycles. The molecule has 0 radical (unpaired) electrons. The van der Waals surface area contributed by atoms with Gasteiger partial charge in [-0.15, -0.1) is 0 Å². The Hall–Kier alpha value is -2.81. The topological polar surface area (TPSA) is 102 Å². The summed E-state index contributed by atoms with van der Waals surface area (Å²) in [4.78, 5) is 12.9. The molecule has 0 aliphatic heterocycles. The predicted molar refractivity (Wildman–Crippen MR) is 94.6 cm³/mol. The number of benzene rings is 1. The highest BCUT2D eigenvalue weighted by molar-refractivity contribution is 7.92. The fourth-order valence-corrected chi connectivity index (χ4v) is 4.30. The summed E-state index contributed by atoms with van der Waals surface area (Å²) in [7, 11) is -2.23. The second kappa shape index (κ2) is 5.92. The minimum atomic E-state index is -3.93. The van der Waals surface area contributed by atoms with Crippen molar-refractivity contribution >= 4 is 15.7 Å². The molecule has 0 amide bonds. The average molecular weight is 361 g/mol. The molecule has 9 heteroatoms. The van der Waals surface area contributed by atoms with Crippen molar-refractivity contribution in [2.24, 2.45) is 7.05 Å². The van der Waals surface area contributed by atoms with E-state index in [9.17, 15) is 13.2 Å². The lowest BCUT2D eigenvalue weighted by Gasteiger charge is -2.07.